The van der Waals surface area contributed by atoms with Gasteiger partial charge in [0.25, 0.3) is 0 Å². The molecule has 1 aromatic rings. The summed E-state index contributed by atoms with van der Waals surface area (Å²) in [4.78, 5) is 0. The third-order valence-electron chi connectivity index (χ3n) is 2.27. The molecule has 0 bridgehead atoms. The lowest BCUT2D eigenvalue weighted by Crippen LogP contribution is -2.09. The third-order valence-corrected chi connectivity index (χ3v) is 2.27. The number of halogens is 1. The van der Waals surface area contributed by atoms with E-state index >= 15 is 0 Å². The smallest absolute Gasteiger partial charge is 0.126 e. The molecule has 0 fully saturated rings. The molecular weight excluding hydrogens is 223 g/mol. The van der Waals surface area contributed by atoms with E-state index in [9.17, 15) is 4.39 Å². The number of hydrogen-bond acceptors (Lipinski definition) is 3. The molecule has 0 amide bonds. The molecule has 3 nitrogen and oxygen atoms in total. The Kier molecular flexibility index (Phi) is 6.58. The second-order valence-electron chi connectivity index (χ2n) is 3.72. The molecule has 0 saturated carbocycles. The molecule has 17 heavy (non-hydrogen) atoms. The summed E-state index contributed by atoms with van der Waals surface area (Å²) in [6.07, 6.45) is 0.871. The van der Waals surface area contributed by atoms with Crippen LogP contribution in [0.2, 0.25) is 0 Å². The fraction of sp³-hybridized carbons (Fsp3) is 0.538. The summed E-state index contributed by atoms with van der Waals surface area (Å²) in [6, 6.07) is 4.51. The highest BCUT2D eigenvalue weighted by Gasteiger charge is 2.01. The first-order chi connectivity index (χ1) is 8.24. The van der Waals surface area contributed by atoms with E-state index < -0.39 is 0 Å². The van der Waals surface area contributed by atoms with Crippen molar-refractivity contribution in [2.75, 3.05) is 33.5 Å². The Bertz CT molecular complexity index is 328. The van der Waals surface area contributed by atoms with Gasteiger partial charge in [0.15, 0.2) is 0 Å². The van der Waals surface area contributed by atoms with Crippen LogP contribution in [0, 0.1) is 12.7 Å². The van der Waals surface area contributed by atoms with Crippen LogP contribution in [0.25, 0.3) is 0 Å². The molecule has 1 aromatic carbocycles. The number of ether oxygens (including phenoxy) is 3. The molecule has 0 heterocycles. The van der Waals surface area contributed by atoms with Crippen LogP contribution >= 0.6 is 0 Å². The van der Waals surface area contributed by atoms with Gasteiger partial charge in [-0.2, -0.15) is 0 Å². The highest BCUT2D eigenvalue weighted by atomic mass is 19.1. The van der Waals surface area contributed by atoms with Crippen LogP contribution in [0.3, 0.4) is 0 Å². The van der Waals surface area contributed by atoms with Gasteiger partial charge >= 0.3 is 0 Å². The predicted octanol–water partition coefficient (Wildman–Crippen LogP) is 2.57. The van der Waals surface area contributed by atoms with E-state index in [1.54, 1.807) is 13.2 Å². The summed E-state index contributed by atoms with van der Waals surface area (Å²) in [7, 11) is 1.66. The van der Waals surface area contributed by atoms with Gasteiger partial charge in [-0.25, -0.2) is 4.39 Å². The number of methoxy groups -OCH3 is 1. The summed E-state index contributed by atoms with van der Waals surface area (Å²) in [5.74, 6) is 0.289. The first-order valence-electron chi connectivity index (χ1n) is 5.69. The summed E-state index contributed by atoms with van der Waals surface area (Å²) < 4.78 is 28.6. The normalized spacial score (nSPS) is 10.5. The Morgan fingerprint density at radius 3 is 2.71 bits per heavy atom. The largest absolute Gasteiger partial charge is 0.491 e. The van der Waals surface area contributed by atoms with Crippen molar-refractivity contribution in [3.05, 3.63) is 29.6 Å². The van der Waals surface area contributed by atoms with Crippen molar-refractivity contribution in [2.45, 2.75) is 13.3 Å². The molecule has 0 saturated heterocycles. The van der Waals surface area contributed by atoms with E-state index in [1.807, 2.05) is 6.92 Å². The molecule has 0 aliphatic carbocycles. The summed E-state index contributed by atoms with van der Waals surface area (Å²) in [5.41, 5.74) is 0.922. The standard InChI is InChI=1S/C13H19FO3/c1-11-4-5-12(14)10-13(11)17-9-8-16-7-3-6-15-2/h4-5,10H,3,6-9H2,1-2H3. The second-order valence-corrected chi connectivity index (χ2v) is 3.72. The van der Waals surface area contributed by atoms with Crippen LogP contribution < -0.4 is 4.74 Å². The Labute approximate surface area is 101 Å². The minimum Gasteiger partial charge on any atom is -0.491 e. The number of rotatable bonds is 8. The van der Waals surface area contributed by atoms with Gasteiger partial charge < -0.3 is 14.2 Å². The van der Waals surface area contributed by atoms with Crippen molar-refractivity contribution < 1.29 is 18.6 Å². The van der Waals surface area contributed by atoms with Crippen LogP contribution in [0.5, 0.6) is 5.75 Å². The summed E-state index contributed by atoms with van der Waals surface area (Å²) >= 11 is 0. The van der Waals surface area contributed by atoms with E-state index in [-0.39, 0.29) is 5.82 Å². The Morgan fingerprint density at radius 1 is 1.12 bits per heavy atom. The molecule has 0 N–H and O–H groups in total. The van der Waals surface area contributed by atoms with Crippen LogP contribution in [-0.4, -0.2) is 33.5 Å². The van der Waals surface area contributed by atoms with Gasteiger partial charge in [-0.3, -0.25) is 0 Å². The molecule has 0 radical (unpaired) electrons. The molecule has 0 spiro atoms. The van der Waals surface area contributed by atoms with E-state index in [4.69, 9.17) is 14.2 Å². The first-order valence-corrected chi connectivity index (χ1v) is 5.69. The predicted molar refractivity (Wildman–Crippen MR) is 63.9 cm³/mol. The van der Waals surface area contributed by atoms with E-state index in [2.05, 4.69) is 0 Å². The zero-order chi connectivity index (χ0) is 12.5. The fourth-order valence-corrected chi connectivity index (χ4v) is 1.35. The van der Waals surface area contributed by atoms with Gasteiger partial charge in [-0.15, -0.1) is 0 Å². The molecule has 1 rings (SSSR count). The molecule has 0 aromatic heterocycles. The highest BCUT2D eigenvalue weighted by molar-refractivity contribution is 5.32. The average molecular weight is 242 g/mol. The molecule has 0 unspecified atom stereocenters. The monoisotopic (exact) mass is 242 g/mol. The second kappa shape index (κ2) is 8.03. The number of hydrogen-bond donors (Lipinski definition) is 0. The van der Waals surface area contributed by atoms with Crippen molar-refractivity contribution in [1.82, 2.24) is 0 Å². The van der Waals surface area contributed by atoms with Crippen LogP contribution in [0.4, 0.5) is 4.39 Å². The lowest BCUT2D eigenvalue weighted by molar-refractivity contribution is 0.0804. The molecular formula is C13H19FO3. The minimum atomic E-state index is -0.286. The Morgan fingerprint density at radius 2 is 1.94 bits per heavy atom. The quantitative estimate of drug-likeness (QED) is 0.656. The van der Waals surface area contributed by atoms with Gasteiger partial charge in [0.2, 0.25) is 0 Å². The van der Waals surface area contributed by atoms with Crippen molar-refractivity contribution in [2.24, 2.45) is 0 Å². The Hall–Kier alpha value is -1.13. The fourth-order valence-electron chi connectivity index (χ4n) is 1.35. The third kappa shape index (κ3) is 5.65. The van der Waals surface area contributed by atoms with Crippen molar-refractivity contribution >= 4 is 0 Å². The van der Waals surface area contributed by atoms with Gasteiger partial charge in [0.1, 0.15) is 18.2 Å². The molecule has 96 valence electrons. The maximum atomic E-state index is 12.9. The van der Waals surface area contributed by atoms with Crippen LogP contribution in [-0.2, 0) is 9.47 Å². The molecule has 4 heteroatoms. The zero-order valence-electron chi connectivity index (χ0n) is 10.4. The average Bonchev–Trinajstić information content (AvgIpc) is 2.32. The van der Waals surface area contributed by atoms with Gasteiger partial charge in [-0.1, -0.05) is 6.07 Å². The van der Waals surface area contributed by atoms with Crippen molar-refractivity contribution in [3.63, 3.8) is 0 Å². The minimum absolute atomic E-state index is 0.286. The zero-order valence-corrected chi connectivity index (χ0v) is 10.4. The lowest BCUT2D eigenvalue weighted by Gasteiger charge is -2.09. The summed E-state index contributed by atoms with van der Waals surface area (Å²) in [6.45, 7) is 4.16. The molecule has 0 aliphatic heterocycles. The molecule has 0 atom stereocenters. The molecule has 0 aliphatic rings. The van der Waals surface area contributed by atoms with Crippen molar-refractivity contribution in [1.29, 1.82) is 0 Å². The van der Waals surface area contributed by atoms with Crippen LogP contribution in [0.1, 0.15) is 12.0 Å². The van der Waals surface area contributed by atoms with E-state index in [1.165, 1.54) is 12.1 Å². The van der Waals surface area contributed by atoms with Gasteiger partial charge in [0.05, 0.1) is 6.61 Å². The van der Waals surface area contributed by atoms with E-state index in [0.29, 0.717) is 32.2 Å². The van der Waals surface area contributed by atoms with E-state index in [0.717, 1.165) is 12.0 Å². The SMILES string of the molecule is COCCCOCCOc1cc(F)ccc1C. The number of benzene rings is 1. The highest BCUT2D eigenvalue weighted by Crippen LogP contribution is 2.18. The number of aryl methyl sites for hydroxylation is 1. The Balaban J connectivity index is 2.15. The topological polar surface area (TPSA) is 27.7 Å². The first kappa shape index (κ1) is 13.9. The van der Waals surface area contributed by atoms with Crippen LogP contribution in [0.15, 0.2) is 18.2 Å². The van der Waals surface area contributed by atoms with Gasteiger partial charge in [0, 0.05) is 26.4 Å². The van der Waals surface area contributed by atoms with Crippen molar-refractivity contribution in [3.8, 4) is 5.75 Å². The van der Waals surface area contributed by atoms with Gasteiger partial charge in [-0.05, 0) is 25.0 Å². The lowest BCUT2D eigenvalue weighted by atomic mass is 10.2. The maximum absolute atomic E-state index is 12.9. The summed E-state index contributed by atoms with van der Waals surface area (Å²) in [5, 5.41) is 0. The maximum Gasteiger partial charge on any atom is 0.126 e.